The van der Waals surface area contributed by atoms with Crippen molar-refractivity contribution in [3.8, 4) is 0 Å². The number of rotatable bonds is 3. The molecule has 1 aromatic heterocycles. The molecule has 0 unspecified atom stereocenters. The molecule has 2 rings (SSSR count). The lowest BCUT2D eigenvalue weighted by atomic mass is 9.94. The third kappa shape index (κ3) is 3.08. The molecule has 0 spiro atoms. The van der Waals surface area contributed by atoms with E-state index in [0.717, 1.165) is 5.56 Å². The highest BCUT2D eigenvalue weighted by molar-refractivity contribution is 6.35. The number of aromatic amines is 1. The van der Waals surface area contributed by atoms with Crippen LogP contribution in [-0.2, 0) is 5.54 Å². The Morgan fingerprint density at radius 1 is 1.37 bits per heavy atom. The summed E-state index contributed by atoms with van der Waals surface area (Å²) in [6.45, 7) is 3.74. The molecule has 1 aromatic carbocycles. The van der Waals surface area contributed by atoms with Crippen molar-refractivity contribution < 1.29 is 4.79 Å². The zero-order valence-electron chi connectivity index (χ0n) is 10.5. The smallest absolute Gasteiger partial charge is 0.270 e. The minimum absolute atomic E-state index is 0.242. The first-order valence-corrected chi connectivity index (χ1v) is 6.42. The van der Waals surface area contributed by atoms with Crippen molar-refractivity contribution in [2.24, 2.45) is 0 Å². The lowest BCUT2D eigenvalue weighted by molar-refractivity contribution is 0.0907. The molecule has 0 fully saturated rings. The lowest BCUT2D eigenvalue weighted by Gasteiger charge is -2.27. The van der Waals surface area contributed by atoms with Crippen LogP contribution in [0.4, 0.5) is 0 Å². The predicted molar refractivity (Wildman–Crippen MR) is 75.5 cm³/mol. The second kappa shape index (κ2) is 5.23. The number of amides is 1. The maximum atomic E-state index is 12.0. The Bertz CT molecular complexity index is 594. The molecule has 0 saturated carbocycles. The number of halogens is 2. The Balaban J connectivity index is 2.25. The first-order chi connectivity index (χ1) is 8.90. The summed E-state index contributed by atoms with van der Waals surface area (Å²) < 4.78 is 0. The van der Waals surface area contributed by atoms with E-state index in [4.69, 9.17) is 23.2 Å². The zero-order valence-corrected chi connectivity index (χ0v) is 12.0. The Morgan fingerprint density at radius 2 is 2.11 bits per heavy atom. The number of hydrogen-bond acceptors (Lipinski definition) is 2. The molecule has 0 bridgehead atoms. The summed E-state index contributed by atoms with van der Waals surface area (Å²) in [5.74, 6) is -0.242. The van der Waals surface area contributed by atoms with E-state index in [-0.39, 0.29) is 5.91 Å². The first-order valence-electron chi connectivity index (χ1n) is 5.66. The van der Waals surface area contributed by atoms with E-state index >= 15 is 0 Å². The highest BCUT2D eigenvalue weighted by atomic mass is 35.5. The third-order valence-corrected chi connectivity index (χ3v) is 3.32. The second-order valence-corrected chi connectivity index (χ2v) is 5.51. The molecule has 4 nitrogen and oxygen atoms in total. The summed E-state index contributed by atoms with van der Waals surface area (Å²) in [5.41, 5.74) is 0.578. The van der Waals surface area contributed by atoms with E-state index in [0.29, 0.717) is 15.7 Å². The van der Waals surface area contributed by atoms with Crippen molar-refractivity contribution in [3.63, 3.8) is 0 Å². The van der Waals surface area contributed by atoms with E-state index < -0.39 is 5.54 Å². The number of carbonyl (C=O) groups is 1. The molecule has 0 saturated heterocycles. The van der Waals surface area contributed by atoms with E-state index in [1.54, 1.807) is 18.2 Å². The Hall–Kier alpha value is -1.52. The minimum atomic E-state index is -0.621. The van der Waals surface area contributed by atoms with Gasteiger partial charge in [0.2, 0.25) is 0 Å². The SMILES string of the molecule is CC(C)(NC(=O)c1cnc[nH]1)c1ccc(Cl)cc1Cl. The largest absolute Gasteiger partial charge is 0.342 e. The number of hydrogen-bond donors (Lipinski definition) is 2. The van der Waals surface area contributed by atoms with Crippen LogP contribution < -0.4 is 5.32 Å². The van der Waals surface area contributed by atoms with E-state index in [1.807, 2.05) is 13.8 Å². The van der Waals surface area contributed by atoms with Crippen molar-refractivity contribution in [1.82, 2.24) is 15.3 Å². The van der Waals surface area contributed by atoms with Crippen molar-refractivity contribution >= 4 is 29.1 Å². The van der Waals surface area contributed by atoms with Gasteiger partial charge in [0.05, 0.1) is 18.1 Å². The average molecular weight is 298 g/mol. The highest BCUT2D eigenvalue weighted by Crippen LogP contribution is 2.30. The number of carbonyl (C=O) groups excluding carboxylic acids is 1. The number of H-pyrrole nitrogens is 1. The molecular weight excluding hydrogens is 285 g/mol. The van der Waals surface area contributed by atoms with Gasteiger partial charge in [-0.05, 0) is 31.5 Å². The van der Waals surface area contributed by atoms with Crippen LogP contribution >= 0.6 is 23.2 Å². The molecule has 6 heteroatoms. The highest BCUT2D eigenvalue weighted by Gasteiger charge is 2.26. The van der Waals surface area contributed by atoms with Crippen molar-refractivity contribution in [3.05, 3.63) is 52.0 Å². The van der Waals surface area contributed by atoms with Gasteiger partial charge in [-0.2, -0.15) is 0 Å². The van der Waals surface area contributed by atoms with Gasteiger partial charge in [-0.3, -0.25) is 4.79 Å². The summed E-state index contributed by atoms with van der Waals surface area (Å²) >= 11 is 12.0. The molecule has 0 radical (unpaired) electrons. The first kappa shape index (κ1) is 13.9. The molecule has 2 aromatic rings. The molecule has 100 valence electrons. The van der Waals surface area contributed by atoms with Gasteiger partial charge >= 0.3 is 0 Å². The van der Waals surface area contributed by atoms with Gasteiger partial charge in [0.25, 0.3) is 5.91 Å². The van der Waals surface area contributed by atoms with Crippen LogP contribution in [-0.4, -0.2) is 15.9 Å². The van der Waals surface area contributed by atoms with Crippen LogP contribution in [0.25, 0.3) is 0 Å². The third-order valence-electron chi connectivity index (χ3n) is 2.77. The van der Waals surface area contributed by atoms with Gasteiger partial charge in [0.1, 0.15) is 5.69 Å². The Kier molecular flexibility index (Phi) is 3.83. The molecule has 0 aliphatic rings. The molecule has 0 aliphatic heterocycles. The summed E-state index contributed by atoms with van der Waals surface area (Å²) in [5, 5.41) is 3.97. The fourth-order valence-corrected chi connectivity index (χ4v) is 2.44. The standard InChI is InChI=1S/C13H13Cl2N3O/c1-13(2,9-4-3-8(14)5-10(9)15)18-12(19)11-6-16-7-17-11/h3-7H,1-2H3,(H,16,17)(H,18,19). The van der Waals surface area contributed by atoms with Crippen LogP contribution in [0, 0.1) is 0 Å². The monoisotopic (exact) mass is 297 g/mol. The molecule has 0 aliphatic carbocycles. The van der Waals surface area contributed by atoms with Gasteiger partial charge in [-0.1, -0.05) is 29.3 Å². The van der Waals surface area contributed by atoms with Crippen LogP contribution in [0.15, 0.2) is 30.7 Å². The van der Waals surface area contributed by atoms with E-state index in [9.17, 15) is 4.79 Å². The average Bonchev–Trinajstić information content (AvgIpc) is 2.80. The van der Waals surface area contributed by atoms with Gasteiger partial charge in [0, 0.05) is 10.0 Å². The zero-order chi connectivity index (χ0) is 14.0. The van der Waals surface area contributed by atoms with E-state index in [2.05, 4.69) is 15.3 Å². The van der Waals surface area contributed by atoms with Crippen molar-refractivity contribution in [2.75, 3.05) is 0 Å². The van der Waals surface area contributed by atoms with Crippen molar-refractivity contribution in [1.29, 1.82) is 0 Å². The Labute approximate surface area is 121 Å². The van der Waals surface area contributed by atoms with Gasteiger partial charge in [0.15, 0.2) is 0 Å². The summed E-state index contributed by atoms with van der Waals surface area (Å²) in [6, 6.07) is 5.20. The fraction of sp³-hybridized carbons (Fsp3) is 0.231. The molecule has 0 atom stereocenters. The van der Waals surface area contributed by atoms with Gasteiger partial charge < -0.3 is 10.3 Å². The summed E-state index contributed by atoms with van der Waals surface area (Å²) in [4.78, 5) is 18.6. The van der Waals surface area contributed by atoms with Gasteiger partial charge in [-0.25, -0.2) is 4.98 Å². The number of nitrogens with one attached hydrogen (secondary N) is 2. The van der Waals surface area contributed by atoms with Crippen LogP contribution in [0.3, 0.4) is 0 Å². The maximum absolute atomic E-state index is 12.0. The fourth-order valence-electron chi connectivity index (χ4n) is 1.79. The predicted octanol–water partition coefficient (Wildman–Crippen LogP) is 3.38. The second-order valence-electron chi connectivity index (χ2n) is 4.67. The molecule has 1 amide bonds. The molecule has 1 heterocycles. The maximum Gasteiger partial charge on any atom is 0.270 e. The molecule has 19 heavy (non-hydrogen) atoms. The summed E-state index contributed by atoms with van der Waals surface area (Å²) in [6.07, 6.45) is 2.92. The summed E-state index contributed by atoms with van der Waals surface area (Å²) in [7, 11) is 0. The van der Waals surface area contributed by atoms with Gasteiger partial charge in [-0.15, -0.1) is 0 Å². The molecule has 2 N–H and O–H groups in total. The topological polar surface area (TPSA) is 57.8 Å². The van der Waals surface area contributed by atoms with Crippen LogP contribution in [0.1, 0.15) is 29.9 Å². The lowest BCUT2D eigenvalue weighted by Crippen LogP contribution is -2.41. The minimum Gasteiger partial charge on any atom is -0.342 e. The quantitative estimate of drug-likeness (QED) is 0.912. The van der Waals surface area contributed by atoms with Crippen LogP contribution in [0.5, 0.6) is 0 Å². The number of imidazole rings is 1. The molecular formula is C13H13Cl2N3O. The number of nitrogens with zero attached hydrogens (tertiary/aromatic N) is 1. The van der Waals surface area contributed by atoms with Crippen LogP contribution in [0.2, 0.25) is 10.0 Å². The van der Waals surface area contributed by atoms with Crippen molar-refractivity contribution in [2.45, 2.75) is 19.4 Å². The Morgan fingerprint density at radius 3 is 2.68 bits per heavy atom. The number of benzene rings is 1. The van der Waals surface area contributed by atoms with E-state index in [1.165, 1.54) is 12.5 Å². The normalized spacial score (nSPS) is 11.4. The number of aromatic nitrogens is 2.